The van der Waals surface area contributed by atoms with Gasteiger partial charge < -0.3 is 0 Å². The van der Waals surface area contributed by atoms with Gasteiger partial charge in [-0.15, -0.1) is 0 Å². The highest BCUT2D eigenvalue weighted by atomic mass is 35.5. The average molecular weight is 417 g/mol. The maximum absolute atomic E-state index is 14.3. The van der Waals surface area contributed by atoms with Gasteiger partial charge in [-0.2, -0.15) is 4.31 Å². The monoisotopic (exact) mass is 416 g/mol. The van der Waals surface area contributed by atoms with Gasteiger partial charge in [-0.25, -0.2) is 17.6 Å². The number of carbonyl (C=O) groups is 1. The summed E-state index contributed by atoms with van der Waals surface area (Å²) in [5, 5.41) is 0.157. The lowest BCUT2D eigenvalue weighted by Crippen LogP contribution is -2.50. The smallest absolute Gasteiger partial charge is 0.287 e. The Morgan fingerprint density at radius 1 is 0.893 bits per heavy atom. The van der Waals surface area contributed by atoms with Crippen molar-refractivity contribution in [3.63, 3.8) is 0 Å². The van der Waals surface area contributed by atoms with Gasteiger partial charge in [0, 0.05) is 10.6 Å². The number of hydrogen-bond acceptors (Lipinski definition) is 3. The summed E-state index contributed by atoms with van der Waals surface area (Å²) in [6, 6.07) is 17.6. The summed E-state index contributed by atoms with van der Waals surface area (Å²) in [5.74, 6) is -0.572. The van der Waals surface area contributed by atoms with E-state index in [0.717, 1.165) is 4.31 Å². The second-order valence-corrected chi connectivity index (χ2v) is 8.30. The van der Waals surface area contributed by atoms with Crippen LogP contribution in [0, 0.1) is 5.82 Å². The van der Waals surface area contributed by atoms with Crippen molar-refractivity contribution < 1.29 is 17.6 Å². The summed E-state index contributed by atoms with van der Waals surface area (Å²) in [6.45, 7) is -0.208. The summed E-state index contributed by atoms with van der Waals surface area (Å²) in [4.78, 5) is 14.4. The van der Waals surface area contributed by atoms with Crippen molar-refractivity contribution in [2.24, 2.45) is 0 Å². The Kier molecular flexibility index (Phi) is 4.56. The normalized spacial score (nSPS) is 15.4. The molecular weight excluding hydrogens is 403 g/mol. The minimum Gasteiger partial charge on any atom is -0.287 e. The summed E-state index contributed by atoms with van der Waals surface area (Å²) in [5.41, 5.74) is 0.491. The van der Waals surface area contributed by atoms with E-state index < -0.39 is 21.9 Å². The van der Waals surface area contributed by atoms with Crippen LogP contribution in [0.25, 0.3) is 0 Å². The van der Waals surface area contributed by atoms with Gasteiger partial charge in [0.25, 0.3) is 10.0 Å². The molecule has 3 aromatic carbocycles. The Hall–Kier alpha value is -2.90. The Balaban J connectivity index is 1.90. The molecule has 0 N–H and O–H groups in total. The van der Waals surface area contributed by atoms with Crippen LogP contribution in [-0.2, 0) is 16.6 Å². The number of amides is 2. The number of urea groups is 1. The van der Waals surface area contributed by atoms with E-state index in [2.05, 4.69) is 0 Å². The van der Waals surface area contributed by atoms with Crippen molar-refractivity contribution >= 4 is 39.0 Å². The molecule has 0 aromatic heterocycles. The number of anilines is 2. The van der Waals surface area contributed by atoms with Crippen molar-refractivity contribution in [1.82, 2.24) is 0 Å². The fraction of sp³-hybridized carbons (Fsp3) is 0.0500. The maximum Gasteiger partial charge on any atom is 0.343 e. The molecule has 0 aliphatic carbocycles. The summed E-state index contributed by atoms with van der Waals surface area (Å²) in [7, 11) is -4.12. The maximum atomic E-state index is 14.3. The molecule has 8 heteroatoms. The van der Waals surface area contributed by atoms with Gasteiger partial charge in [0.2, 0.25) is 0 Å². The Bertz CT molecular complexity index is 1150. The van der Waals surface area contributed by atoms with E-state index in [1.807, 2.05) is 0 Å². The number of rotatable bonds is 3. The molecule has 0 saturated heterocycles. The zero-order valence-corrected chi connectivity index (χ0v) is 16.0. The quantitative estimate of drug-likeness (QED) is 0.615. The van der Waals surface area contributed by atoms with Crippen molar-refractivity contribution in [3.05, 3.63) is 89.2 Å². The first-order valence-corrected chi connectivity index (χ1v) is 10.2. The third-order valence-electron chi connectivity index (χ3n) is 4.45. The summed E-state index contributed by atoms with van der Waals surface area (Å²) in [6.07, 6.45) is 0. The van der Waals surface area contributed by atoms with Gasteiger partial charge in [-0.05, 0) is 36.4 Å². The third-order valence-corrected chi connectivity index (χ3v) is 6.55. The molecule has 0 atom stereocenters. The zero-order chi connectivity index (χ0) is 19.9. The predicted molar refractivity (Wildman–Crippen MR) is 106 cm³/mol. The van der Waals surface area contributed by atoms with Crippen LogP contribution in [0.5, 0.6) is 0 Å². The van der Waals surface area contributed by atoms with E-state index in [4.69, 9.17) is 11.6 Å². The van der Waals surface area contributed by atoms with E-state index in [-0.39, 0.29) is 33.4 Å². The third kappa shape index (κ3) is 2.93. The van der Waals surface area contributed by atoms with Crippen LogP contribution in [0.3, 0.4) is 0 Å². The SMILES string of the molecule is O=C1N(Cc2c(F)cccc2Cl)c2ccccc2S(=O)(=O)N1c1ccccc1. The van der Waals surface area contributed by atoms with Crippen molar-refractivity contribution in [1.29, 1.82) is 0 Å². The minimum atomic E-state index is -4.12. The molecule has 0 radical (unpaired) electrons. The highest BCUT2D eigenvalue weighted by Crippen LogP contribution is 2.38. The van der Waals surface area contributed by atoms with E-state index in [9.17, 15) is 17.6 Å². The Labute approximate surface area is 166 Å². The lowest BCUT2D eigenvalue weighted by atomic mass is 10.2. The number of fused-ring (bicyclic) bond motifs is 1. The highest BCUT2D eigenvalue weighted by Gasteiger charge is 2.42. The van der Waals surface area contributed by atoms with Gasteiger partial charge in [-0.3, -0.25) is 4.90 Å². The molecule has 5 nitrogen and oxygen atoms in total. The molecule has 3 aromatic rings. The average Bonchev–Trinajstić information content (AvgIpc) is 2.68. The molecule has 1 aliphatic heterocycles. The summed E-state index contributed by atoms with van der Waals surface area (Å²) < 4.78 is 41.3. The fourth-order valence-electron chi connectivity index (χ4n) is 3.12. The molecule has 0 bridgehead atoms. The molecule has 1 heterocycles. The number of halogens is 2. The van der Waals surface area contributed by atoms with Gasteiger partial charge in [-0.1, -0.05) is 48.0 Å². The van der Waals surface area contributed by atoms with Gasteiger partial charge in [0.05, 0.1) is 17.9 Å². The van der Waals surface area contributed by atoms with Crippen LogP contribution >= 0.6 is 11.6 Å². The van der Waals surface area contributed by atoms with Crippen LogP contribution in [0.4, 0.5) is 20.6 Å². The number of carbonyl (C=O) groups excluding carboxylic acids is 1. The topological polar surface area (TPSA) is 57.7 Å². The lowest BCUT2D eigenvalue weighted by Gasteiger charge is -2.36. The van der Waals surface area contributed by atoms with Crippen LogP contribution < -0.4 is 9.21 Å². The Morgan fingerprint density at radius 3 is 2.29 bits per heavy atom. The van der Waals surface area contributed by atoms with Crippen LogP contribution in [0.2, 0.25) is 5.02 Å². The van der Waals surface area contributed by atoms with E-state index in [0.29, 0.717) is 0 Å². The molecule has 0 fully saturated rings. The molecule has 0 spiro atoms. The second-order valence-electron chi connectivity index (χ2n) is 6.14. The van der Waals surface area contributed by atoms with Gasteiger partial charge in [0.1, 0.15) is 10.7 Å². The van der Waals surface area contributed by atoms with Crippen molar-refractivity contribution in [2.45, 2.75) is 11.4 Å². The second kappa shape index (κ2) is 6.92. The van der Waals surface area contributed by atoms with Gasteiger partial charge >= 0.3 is 6.03 Å². The van der Waals surface area contributed by atoms with Crippen molar-refractivity contribution in [3.8, 4) is 0 Å². The Morgan fingerprint density at radius 2 is 1.57 bits per heavy atom. The standard InChI is InChI=1S/C20H14ClFN2O3S/c21-16-9-6-10-17(22)15(16)13-23-18-11-4-5-12-19(18)28(26,27)24(20(23)25)14-7-2-1-3-8-14/h1-12H,13H2. The van der Waals surface area contributed by atoms with E-state index in [1.165, 1.54) is 47.4 Å². The molecule has 1 aliphatic rings. The molecule has 2 amide bonds. The minimum absolute atomic E-state index is 0.0362. The largest absolute Gasteiger partial charge is 0.343 e. The lowest BCUT2D eigenvalue weighted by molar-refractivity contribution is 0.253. The molecule has 28 heavy (non-hydrogen) atoms. The van der Waals surface area contributed by atoms with Crippen LogP contribution in [0.15, 0.2) is 77.7 Å². The number of hydrogen-bond donors (Lipinski definition) is 0. The number of benzene rings is 3. The van der Waals surface area contributed by atoms with Crippen LogP contribution in [0.1, 0.15) is 5.56 Å². The van der Waals surface area contributed by atoms with Gasteiger partial charge in [0.15, 0.2) is 0 Å². The first-order valence-electron chi connectivity index (χ1n) is 8.35. The molecule has 142 valence electrons. The zero-order valence-electron chi connectivity index (χ0n) is 14.4. The number of para-hydroxylation sites is 2. The van der Waals surface area contributed by atoms with Crippen LogP contribution in [-0.4, -0.2) is 14.4 Å². The fourth-order valence-corrected chi connectivity index (χ4v) is 4.93. The first-order chi connectivity index (χ1) is 13.4. The predicted octanol–water partition coefficient (Wildman–Crippen LogP) is 4.81. The molecule has 4 rings (SSSR count). The van der Waals surface area contributed by atoms with E-state index >= 15 is 0 Å². The first kappa shape index (κ1) is 18.5. The summed E-state index contributed by atoms with van der Waals surface area (Å²) >= 11 is 6.12. The number of sulfonamides is 1. The molecule has 0 unspecified atom stereocenters. The molecule has 0 saturated carbocycles. The number of nitrogens with zero attached hydrogens (tertiary/aromatic N) is 2. The molecular formula is C20H14ClFN2O3S. The van der Waals surface area contributed by atoms with Crippen molar-refractivity contribution in [2.75, 3.05) is 9.21 Å². The van der Waals surface area contributed by atoms with E-state index in [1.54, 1.807) is 30.3 Å². The highest BCUT2D eigenvalue weighted by molar-refractivity contribution is 7.94.